The Labute approximate surface area is 102 Å². The number of para-hydroxylation sites is 1. The molecule has 16 heavy (non-hydrogen) atoms. The monoisotopic (exact) mass is 239 g/mol. The molecule has 1 aliphatic carbocycles. The fourth-order valence-electron chi connectivity index (χ4n) is 2.53. The van der Waals surface area contributed by atoms with E-state index in [1.807, 2.05) is 18.2 Å². The molecule has 1 aromatic rings. The standard InChI is InChI=1S/C13H18ClNO/c1-8(2)10-7-13(10,15)9-5-4-6-11(14)12(9)16-3/h4-6,8,10H,7,15H2,1-3H3. The van der Waals surface area contributed by atoms with Gasteiger partial charge >= 0.3 is 0 Å². The summed E-state index contributed by atoms with van der Waals surface area (Å²) in [6.07, 6.45) is 1.02. The van der Waals surface area contributed by atoms with Crippen LogP contribution in [0.5, 0.6) is 5.75 Å². The molecule has 1 fully saturated rings. The maximum atomic E-state index is 6.42. The Hall–Kier alpha value is -0.730. The molecule has 3 heteroatoms. The third kappa shape index (κ3) is 1.70. The Kier molecular flexibility index (Phi) is 2.89. The van der Waals surface area contributed by atoms with Gasteiger partial charge in [-0.15, -0.1) is 0 Å². The van der Waals surface area contributed by atoms with Gasteiger partial charge in [0.1, 0.15) is 5.75 Å². The largest absolute Gasteiger partial charge is 0.495 e. The Morgan fingerprint density at radius 1 is 1.50 bits per heavy atom. The van der Waals surface area contributed by atoms with E-state index >= 15 is 0 Å². The molecule has 0 saturated heterocycles. The van der Waals surface area contributed by atoms with Gasteiger partial charge in [-0.25, -0.2) is 0 Å². The maximum Gasteiger partial charge on any atom is 0.142 e. The summed E-state index contributed by atoms with van der Waals surface area (Å²) in [6.45, 7) is 4.41. The molecule has 1 aliphatic rings. The molecule has 0 aromatic heterocycles. The van der Waals surface area contributed by atoms with E-state index in [0.717, 1.165) is 17.7 Å². The summed E-state index contributed by atoms with van der Waals surface area (Å²) in [5.41, 5.74) is 7.22. The second-order valence-corrected chi connectivity index (χ2v) is 5.32. The van der Waals surface area contributed by atoms with Gasteiger partial charge in [0.25, 0.3) is 0 Å². The summed E-state index contributed by atoms with van der Waals surface area (Å²) in [5.74, 6) is 1.85. The summed E-state index contributed by atoms with van der Waals surface area (Å²) in [6, 6.07) is 5.79. The van der Waals surface area contributed by atoms with Gasteiger partial charge in [-0.3, -0.25) is 0 Å². The van der Waals surface area contributed by atoms with Gasteiger partial charge in [-0.05, 0) is 24.3 Å². The molecule has 0 amide bonds. The van der Waals surface area contributed by atoms with Crippen molar-refractivity contribution in [3.8, 4) is 5.75 Å². The molecule has 2 rings (SSSR count). The molecular formula is C13H18ClNO. The van der Waals surface area contributed by atoms with Crippen molar-refractivity contribution < 1.29 is 4.74 Å². The van der Waals surface area contributed by atoms with E-state index < -0.39 is 0 Å². The van der Waals surface area contributed by atoms with Crippen molar-refractivity contribution in [3.05, 3.63) is 28.8 Å². The summed E-state index contributed by atoms with van der Waals surface area (Å²) >= 11 is 6.11. The number of methoxy groups -OCH3 is 1. The number of hydrogen-bond acceptors (Lipinski definition) is 2. The summed E-state index contributed by atoms with van der Waals surface area (Å²) in [4.78, 5) is 0. The first kappa shape index (κ1) is 11.7. The Bertz CT molecular complexity index is 405. The lowest BCUT2D eigenvalue weighted by Crippen LogP contribution is -2.24. The molecule has 1 saturated carbocycles. The smallest absolute Gasteiger partial charge is 0.142 e. The number of nitrogens with two attached hydrogens (primary N) is 1. The number of ether oxygens (including phenoxy) is 1. The predicted molar refractivity (Wildman–Crippen MR) is 66.8 cm³/mol. The zero-order chi connectivity index (χ0) is 11.9. The van der Waals surface area contributed by atoms with Crippen LogP contribution in [0.15, 0.2) is 18.2 Å². The van der Waals surface area contributed by atoms with Gasteiger partial charge in [-0.2, -0.15) is 0 Å². The van der Waals surface area contributed by atoms with Gasteiger partial charge < -0.3 is 10.5 Å². The van der Waals surface area contributed by atoms with Crippen LogP contribution in [0, 0.1) is 11.8 Å². The molecule has 0 radical (unpaired) electrons. The average Bonchev–Trinajstić information content (AvgIpc) is 2.92. The Morgan fingerprint density at radius 3 is 2.69 bits per heavy atom. The Morgan fingerprint density at radius 2 is 2.19 bits per heavy atom. The van der Waals surface area contributed by atoms with E-state index in [-0.39, 0.29) is 5.54 Å². The highest BCUT2D eigenvalue weighted by Gasteiger charge is 2.54. The number of halogens is 1. The second-order valence-electron chi connectivity index (χ2n) is 4.92. The highest BCUT2D eigenvalue weighted by Crippen LogP contribution is 2.56. The molecule has 0 aliphatic heterocycles. The zero-order valence-corrected chi connectivity index (χ0v) is 10.7. The highest BCUT2D eigenvalue weighted by molar-refractivity contribution is 6.32. The highest BCUT2D eigenvalue weighted by atomic mass is 35.5. The van der Waals surface area contributed by atoms with E-state index in [0.29, 0.717) is 16.9 Å². The molecule has 0 heterocycles. The van der Waals surface area contributed by atoms with Crippen molar-refractivity contribution in [2.75, 3.05) is 7.11 Å². The van der Waals surface area contributed by atoms with Crippen molar-refractivity contribution in [1.29, 1.82) is 0 Å². The van der Waals surface area contributed by atoms with E-state index in [4.69, 9.17) is 22.1 Å². The lowest BCUT2D eigenvalue weighted by Gasteiger charge is -2.18. The number of rotatable bonds is 3. The quantitative estimate of drug-likeness (QED) is 0.879. The van der Waals surface area contributed by atoms with Crippen molar-refractivity contribution in [3.63, 3.8) is 0 Å². The first-order valence-corrected chi connectivity index (χ1v) is 6.00. The molecule has 88 valence electrons. The SMILES string of the molecule is COc1c(Cl)cccc1C1(N)CC1C(C)C. The molecule has 0 bridgehead atoms. The third-order valence-corrected chi connectivity index (χ3v) is 3.83. The molecule has 2 N–H and O–H groups in total. The lowest BCUT2D eigenvalue weighted by atomic mass is 9.97. The minimum atomic E-state index is -0.246. The molecule has 2 nitrogen and oxygen atoms in total. The van der Waals surface area contributed by atoms with Crippen LogP contribution < -0.4 is 10.5 Å². The second kappa shape index (κ2) is 3.94. The van der Waals surface area contributed by atoms with Crippen LogP contribution in [0.25, 0.3) is 0 Å². The van der Waals surface area contributed by atoms with Crippen LogP contribution >= 0.6 is 11.6 Å². The lowest BCUT2D eigenvalue weighted by molar-refractivity contribution is 0.397. The normalized spacial score (nSPS) is 28.2. The number of hydrogen-bond donors (Lipinski definition) is 1. The topological polar surface area (TPSA) is 35.2 Å². The number of benzene rings is 1. The van der Waals surface area contributed by atoms with Crippen molar-refractivity contribution in [2.24, 2.45) is 17.6 Å². The average molecular weight is 240 g/mol. The third-order valence-electron chi connectivity index (χ3n) is 3.54. The van der Waals surface area contributed by atoms with Crippen molar-refractivity contribution in [2.45, 2.75) is 25.8 Å². The van der Waals surface area contributed by atoms with Crippen LogP contribution in [0.3, 0.4) is 0 Å². The molecule has 1 aromatic carbocycles. The fraction of sp³-hybridized carbons (Fsp3) is 0.538. The van der Waals surface area contributed by atoms with Gasteiger partial charge in [-0.1, -0.05) is 37.6 Å². The van der Waals surface area contributed by atoms with E-state index in [1.165, 1.54) is 0 Å². The summed E-state index contributed by atoms with van der Waals surface area (Å²) in [7, 11) is 1.64. The summed E-state index contributed by atoms with van der Waals surface area (Å²) < 4.78 is 5.36. The van der Waals surface area contributed by atoms with Crippen molar-refractivity contribution >= 4 is 11.6 Å². The van der Waals surface area contributed by atoms with Crippen LogP contribution in [0.2, 0.25) is 5.02 Å². The zero-order valence-electron chi connectivity index (χ0n) is 9.96. The molecule has 2 unspecified atom stereocenters. The summed E-state index contributed by atoms with van der Waals surface area (Å²) in [5, 5.41) is 0.638. The molecule has 0 spiro atoms. The van der Waals surface area contributed by atoms with E-state index in [9.17, 15) is 0 Å². The van der Waals surface area contributed by atoms with Crippen molar-refractivity contribution in [1.82, 2.24) is 0 Å². The molecular weight excluding hydrogens is 222 g/mol. The van der Waals surface area contributed by atoms with Crippen LogP contribution in [0.1, 0.15) is 25.8 Å². The Balaban J connectivity index is 2.39. The molecule has 2 atom stereocenters. The van der Waals surface area contributed by atoms with Crippen LogP contribution in [-0.2, 0) is 5.54 Å². The van der Waals surface area contributed by atoms with Gasteiger partial charge in [0.15, 0.2) is 0 Å². The van der Waals surface area contributed by atoms with Gasteiger partial charge in [0.05, 0.1) is 12.1 Å². The first-order valence-electron chi connectivity index (χ1n) is 5.62. The van der Waals surface area contributed by atoms with Crippen LogP contribution in [0.4, 0.5) is 0 Å². The van der Waals surface area contributed by atoms with E-state index in [1.54, 1.807) is 7.11 Å². The van der Waals surface area contributed by atoms with Crippen LogP contribution in [-0.4, -0.2) is 7.11 Å². The maximum absolute atomic E-state index is 6.42. The van der Waals surface area contributed by atoms with Gasteiger partial charge in [0, 0.05) is 11.1 Å². The minimum absolute atomic E-state index is 0.246. The minimum Gasteiger partial charge on any atom is -0.495 e. The fourth-order valence-corrected chi connectivity index (χ4v) is 2.78. The van der Waals surface area contributed by atoms with Gasteiger partial charge in [0.2, 0.25) is 0 Å². The predicted octanol–water partition coefficient (Wildman–Crippen LogP) is 3.18. The van der Waals surface area contributed by atoms with E-state index in [2.05, 4.69) is 13.8 Å². The first-order chi connectivity index (χ1) is 7.50.